The quantitative estimate of drug-likeness (QED) is 0.659. The molecule has 0 bridgehead atoms. The van der Waals surface area contributed by atoms with E-state index in [2.05, 4.69) is 36.3 Å². The molecular weight excluding hydrogens is 248 g/mol. The summed E-state index contributed by atoms with van der Waals surface area (Å²) in [5.41, 5.74) is 2.43. The Bertz CT molecular complexity index is 402. The third-order valence-corrected chi connectivity index (χ3v) is 3.70. The molecule has 0 radical (unpaired) electrons. The van der Waals surface area contributed by atoms with Crippen LogP contribution in [0.5, 0.6) is 5.88 Å². The maximum atomic E-state index is 5.82. The Kier molecular flexibility index (Phi) is 6.31. The van der Waals surface area contributed by atoms with Crippen molar-refractivity contribution in [2.45, 2.75) is 71.4 Å². The van der Waals surface area contributed by atoms with E-state index in [1.165, 1.54) is 37.7 Å². The van der Waals surface area contributed by atoms with Crippen LogP contribution in [0.1, 0.15) is 63.6 Å². The Hall–Kier alpha value is -1.09. The average molecular weight is 276 g/mol. The summed E-state index contributed by atoms with van der Waals surface area (Å²) in [4.78, 5) is 4.56. The molecule has 1 aromatic rings. The Balaban J connectivity index is 1.83. The van der Waals surface area contributed by atoms with Crippen molar-refractivity contribution in [2.75, 3.05) is 6.61 Å². The zero-order valence-electron chi connectivity index (χ0n) is 13.0. The number of unbranched alkanes of at least 4 members (excludes halogenated alkanes) is 3. The predicted octanol–water partition coefficient (Wildman–Crippen LogP) is 3.86. The van der Waals surface area contributed by atoms with Crippen LogP contribution in [-0.4, -0.2) is 17.6 Å². The van der Waals surface area contributed by atoms with Crippen LogP contribution in [0.4, 0.5) is 0 Å². The minimum absolute atomic E-state index is 0.742. The zero-order chi connectivity index (χ0) is 14.2. The van der Waals surface area contributed by atoms with Crippen LogP contribution in [0.3, 0.4) is 0 Å². The molecule has 0 unspecified atom stereocenters. The molecule has 1 N–H and O–H groups in total. The van der Waals surface area contributed by atoms with Gasteiger partial charge >= 0.3 is 0 Å². The summed E-state index contributed by atoms with van der Waals surface area (Å²) >= 11 is 0. The molecule has 0 spiro atoms. The molecule has 3 nitrogen and oxygen atoms in total. The lowest BCUT2D eigenvalue weighted by atomic mass is 10.2. The molecule has 3 heteroatoms. The minimum Gasteiger partial charge on any atom is -0.478 e. The molecule has 0 saturated heterocycles. The number of ether oxygens (including phenoxy) is 1. The van der Waals surface area contributed by atoms with Gasteiger partial charge in [-0.15, -0.1) is 0 Å². The molecule has 0 atom stereocenters. The molecule has 0 aromatic carbocycles. The van der Waals surface area contributed by atoms with Crippen LogP contribution in [-0.2, 0) is 13.0 Å². The van der Waals surface area contributed by atoms with Gasteiger partial charge in [0.1, 0.15) is 0 Å². The number of pyridine rings is 1. The number of rotatable bonds is 10. The van der Waals surface area contributed by atoms with Gasteiger partial charge in [-0.05, 0) is 37.3 Å². The van der Waals surface area contributed by atoms with E-state index < -0.39 is 0 Å². The number of hydrogen-bond acceptors (Lipinski definition) is 3. The summed E-state index contributed by atoms with van der Waals surface area (Å²) in [7, 11) is 0. The first-order valence-corrected chi connectivity index (χ1v) is 8.17. The van der Waals surface area contributed by atoms with E-state index in [0.29, 0.717) is 0 Å². The second-order valence-electron chi connectivity index (χ2n) is 5.72. The van der Waals surface area contributed by atoms with Crippen LogP contribution in [0.2, 0.25) is 0 Å². The fraction of sp³-hybridized carbons (Fsp3) is 0.706. The third-order valence-electron chi connectivity index (χ3n) is 3.70. The summed E-state index contributed by atoms with van der Waals surface area (Å²) < 4.78 is 5.82. The van der Waals surface area contributed by atoms with Gasteiger partial charge < -0.3 is 10.1 Å². The Morgan fingerprint density at radius 1 is 1.20 bits per heavy atom. The van der Waals surface area contributed by atoms with Gasteiger partial charge in [-0.1, -0.05) is 33.1 Å². The SMILES string of the molecule is CCCCCCOc1cc(CNC2CC2)cc(CC)n1. The molecule has 1 aromatic heterocycles. The summed E-state index contributed by atoms with van der Waals surface area (Å²) in [5.74, 6) is 0.799. The molecule has 2 rings (SSSR count). The van der Waals surface area contributed by atoms with Crippen LogP contribution in [0, 0.1) is 0 Å². The standard InChI is InChI=1S/C17H28N2O/c1-3-5-6-7-10-20-17-12-14(11-15(4-2)19-17)13-18-16-8-9-16/h11-12,16,18H,3-10,13H2,1-2H3. The van der Waals surface area contributed by atoms with Crippen molar-refractivity contribution < 1.29 is 4.74 Å². The fourth-order valence-electron chi connectivity index (χ4n) is 2.23. The van der Waals surface area contributed by atoms with E-state index in [-0.39, 0.29) is 0 Å². The normalized spacial score (nSPS) is 14.5. The van der Waals surface area contributed by atoms with Crippen LogP contribution < -0.4 is 10.1 Å². The van der Waals surface area contributed by atoms with Gasteiger partial charge in [-0.3, -0.25) is 0 Å². The second kappa shape index (κ2) is 8.25. The van der Waals surface area contributed by atoms with E-state index in [1.54, 1.807) is 0 Å². The van der Waals surface area contributed by atoms with Crippen molar-refractivity contribution in [1.29, 1.82) is 0 Å². The van der Waals surface area contributed by atoms with Crippen molar-refractivity contribution in [2.24, 2.45) is 0 Å². The molecule has 1 fully saturated rings. The predicted molar refractivity (Wildman–Crippen MR) is 83.1 cm³/mol. The lowest BCUT2D eigenvalue weighted by Crippen LogP contribution is -2.15. The molecule has 112 valence electrons. The Morgan fingerprint density at radius 3 is 2.75 bits per heavy atom. The van der Waals surface area contributed by atoms with Crippen molar-refractivity contribution in [1.82, 2.24) is 10.3 Å². The second-order valence-corrected chi connectivity index (χ2v) is 5.72. The number of nitrogens with one attached hydrogen (secondary N) is 1. The molecule has 1 aliphatic rings. The minimum atomic E-state index is 0.742. The van der Waals surface area contributed by atoms with Gasteiger partial charge in [0.15, 0.2) is 0 Å². The monoisotopic (exact) mass is 276 g/mol. The topological polar surface area (TPSA) is 34.1 Å². The summed E-state index contributed by atoms with van der Waals surface area (Å²) in [6.45, 7) is 6.10. The molecule has 1 aliphatic carbocycles. The number of aryl methyl sites for hydroxylation is 1. The molecule has 1 heterocycles. The largest absolute Gasteiger partial charge is 0.478 e. The molecule has 0 amide bonds. The first-order valence-electron chi connectivity index (χ1n) is 8.17. The Morgan fingerprint density at radius 2 is 2.05 bits per heavy atom. The zero-order valence-corrected chi connectivity index (χ0v) is 13.0. The highest BCUT2D eigenvalue weighted by Gasteiger charge is 2.20. The lowest BCUT2D eigenvalue weighted by Gasteiger charge is -2.10. The summed E-state index contributed by atoms with van der Waals surface area (Å²) in [5, 5.41) is 3.55. The maximum absolute atomic E-state index is 5.82. The van der Waals surface area contributed by atoms with E-state index >= 15 is 0 Å². The molecule has 0 aliphatic heterocycles. The highest BCUT2D eigenvalue weighted by Crippen LogP contribution is 2.20. The maximum Gasteiger partial charge on any atom is 0.213 e. The lowest BCUT2D eigenvalue weighted by molar-refractivity contribution is 0.292. The van der Waals surface area contributed by atoms with Gasteiger partial charge in [0.05, 0.1) is 6.61 Å². The Labute approximate surface area is 123 Å². The highest BCUT2D eigenvalue weighted by atomic mass is 16.5. The van der Waals surface area contributed by atoms with Crippen molar-refractivity contribution in [3.05, 3.63) is 23.4 Å². The van der Waals surface area contributed by atoms with Crippen LogP contribution in [0.15, 0.2) is 12.1 Å². The van der Waals surface area contributed by atoms with Crippen molar-refractivity contribution >= 4 is 0 Å². The van der Waals surface area contributed by atoms with Crippen molar-refractivity contribution in [3.63, 3.8) is 0 Å². The highest BCUT2D eigenvalue weighted by molar-refractivity contribution is 5.25. The number of aromatic nitrogens is 1. The first kappa shape index (κ1) is 15.3. The number of hydrogen-bond donors (Lipinski definition) is 1. The van der Waals surface area contributed by atoms with Gasteiger partial charge in [0.2, 0.25) is 5.88 Å². The summed E-state index contributed by atoms with van der Waals surface area (Å²) in [6, 6.07) is 5.03. The third kappa shape index (κ3) is 5.49. The molecule has 20 heavy (non-hydrogen) atoms. The van der Waals surface area contributed by atoms with E-state index in [1.807, 2.05) is 0 Å². The number of nitrogens with zero attached hydrogens (tertiary/aromatic N) is 1. The van der Waals surface area contributed by atoms with Gasteiger partial charge in [0.25, 0.3) is 0 Å². The fourth-order valence-corrected chi connectivity index (χ4v) is 2.23. The van der Waals surface area contributed by atoms with Gasteiger partial charge in [-0.25, -0.2) is 4.98 Å². The van der Waals surface area contributed by atoms with Gasteiger partial charge in [0, 0.05) is 24.3 Å². The molecule has 1 saturated carbocycles. The van der Waals surface area contributed by atoms with Crippen LogP contribution >= 0.6 is 0 Å². The van der Waals surface area contributed by atoms with Gasteiger partial charge in [-0.2, -0.15) is 0 Å². The first-order chi connectivity index (χ1) is 9.81. The van der Waals surface area contributed by atoms with Crippen LogP contribution in [0.25, 0.3) is 0 Å². The van der Waals surface area contributed by atoms with E-state index in [0.717, 1.165) is 43.6 Å². The van der Waals surface area contributed by atoms with E-state index in [4.69, 9.17) is 4.74 Å². The molecular formula is C17H28N2O. The van der Waals surface area contributed by atoms with Crippen molar-refractivity contribution in [3.8, 4) is 5.88 Å². The summed E-state index contributed by atoms with van der Waals surface area (Å²) in [6.07, 6.45) is 8.55. The smallest absolute Gasteiger partial charge is 0.213 e. The van der Waals surface area contributed by atoms with E-state index in [9.17, 15) is 0 Å². The average Bonchev–Trinajstić information content (AvgIpc) is 3.29.